The minimum Gasteiger partial charge on any atom is -0.427 e. The highest BCUT2D eigenvalue weighted by molar-refractivity contribution is 6.23. The summed E-state index contributed by atoms with van der Waals surface area (Å²) in [4.78, 5) is 2.12. The molecule has 3 nitrogen and oxygen atoms in total. The molecule has 1 heterocycles. The summed E-state index contributed by atoms with van der Waals surface area (Å²) in [5.41, 5.74) is 5.74. The number of nitrogens with two attached hydrogens (primary N) is 1. The summed E-state index contributed by atoms with van der Waals surface area (Å²) in [7, 11) is 3.42. The molecule has 0 aromatic heterocycles. The van der Waals surface area contributed by atoms with Crippen molar-refractivity contribution in [3.05, 3.63) is 0 Å². The molecule has 0 bridgehead atoms. The zero-order valence-electron chi connectivity index (χ0n) is 6.42. The van der Waals surface area contributed by atoms with Crippen LogP contribution in [0.15, 0.2) is 0 Å². The van der Waals surface area contributed by atoms with E-state index in [0.29, 0.717) is 6.04 Å². The summed E-state index contributed by atoms with van der Waals surface area (Å²) in [6.07, 6.45) is 2.33. The molecule has 1 rings (SSSR count). The van der Waals surface area contributed by atoms with Gasteiger partial charge in [-0.25, -0.2) is 0 Å². The molecule has 10 heavy (non-hydrogen) atoms. The Bertz CT molecular complexity index is 99.7. The van der Waals surface area contributed by atoms with E-state index in [-0.39, 0.29) is 0 Å². The van der Waals surface area contributed by atoms with Gasteiger partial charge in [0.25, 0.3) is 0 Å². The molecule has 1 atom stereocenters. The molecule has 0 spiro atoms. The molecule has 0 aromatic rings. The van der Waals surface area contributed by atoms with Crippen LogP contribution in [0.5, 0.6) is 0 Å². The van der Waals surface area contributed by atoms with Gasteiger partial charge in [0.15, 0.2) is 0 Å². The lowest BCUT2D eigenvalue weighted by atomic mass is 10.0. The molecule has 0 aromatic carbocycles. The Morgan fingerprint density at radius 1 is 1.70 bits per heavy atom. The second-order valence-corrected chi connectivity index (χ2v) is 2.74. The molecule has 1 aliphatic heterocycles. The van der Waals surface area contributed by atoms with E-state index in [9.17, 15) is 0 Å². The lowest BCUT2D eigenvalue weighted by molar-refractivity contribution is 0.278. The highest BCUT2D eigenvalue weighted by Crippen LogP contribution is 2.05. The van der Waals surface area contributed by atoms with Crippen LogP contribution >= 0.6 is 0 Å². The zero-order valence-corrected chi connectivity index (χ0v) is 6.42. The molecule has 1 fully saturated rings. The first-order valence-electron chi connectivity index (χ1n) is 3.68. The molecule has 0 aliphatic carbocycles. The van der Waals surface area contributed by atoms with Crippen LogP contribution in [0.1, 0.15) is 12.8 Å². The first-order valence-corrected chi connectivity index (χ1v) is 3.68. The summed E-state index contributed by atoms with van der Waals surface area (Å²) in [5, 5.41) is 0. The molecule has 0 saturated carbocycles. The molecular formula is C6H14BN2O. The topological polar surface area (TPSA) is 38.5 Å². The average molecular weight is 141 g/mol. The maximum atomic E-state index is 5.74. The van der Waals surface area contributed by atoms with E-state index in [1.807, 2.05) is 0 Å². The number of rotatable bonds is 2. The monoisotopic (exact) mass is 141 g/mol. The molecule has 57 valence electrons. The van der Waals surface area contributed by atoms with Gasteiger partial charge in [-0.05, 0) is 19.4 Å². The van der Waals surface area contributed by atoms with Gasteiger partial charge in [0.1, 0.15) is 0 Å². The second kappa shape index (κ2) is 3.96. The average Bonchev–Trinajstić information content (AvgIpc) is 1.88. The molecule has 1 aliphatic rings. The predicted molar refractivity (Wildman–Crippen MR) is 41.5 cm³/mol. The Labute approximate surface area is 62.8 Å². The van der Waals surface area contributed by atoms with Gasteiger partial charge in [-0.2, -0.15) is 0 Å². The third-order valence-electron chi connectivity index (χ3n) is 1.74. The van der Waals surface area contributed by atoms with Crippen molar-refractivity contribution in [3.8, 4) is 0 Å². The van der Waals surface area contributed by atoms with Gasteiger partial charge in [-0.1, -0.05) is 0 Å². The van der Waals surface area contributed by atoms with Crippen molar-refractivity contribution in [2.24, 2.45) is 5.73 Å². The standard InChI is InChI=1S/C6H14BN2O/c1-10-7-9-4-2-3-6(8)5-9/h6H,2-5,8H2,1H3. The van der Waals surface area contributed by atoms with Gasteiger partial charge >= 0.3 is 7.62 Å². The van der Waals surface area contributed by atoms with E-state index in [2.05, 4.69) is 4.81 Å². The summed E-state index contributed by atoms with van der Waals surface area (Å²) < 4.78 is 4.88. The van der Waals surface area contributed by atoms with Gasteiger partial charge < -0.3 is 15.2 Å². The Morgan fingerprint density at radius 2 is 2.50 bits per heavy atom. The molecule has 4 heteroatoms. The van der Waals surface area contributed by atoms with E-state index in [1.165, 1.54) is 6.42 Å². The van der Waals surface area contributed by atoms with Crippen molar-refractivity contribution in [2.45, 2.75) is 18.9 Å². The van der Waals surface area contributed by atoms with Crippen molar-refractivity contribution in [1.29, 1.82) is 0 Å². The smallest absolute Gasteiger partial charge is 0.398 e. The van der Waals surface area contributed by atoms with Crippen LogP contribution in [0.2, 0.25) is 0 Å². The molecule has 1 saturated heterocycles. The number of hydrogen-bond acceptors (Lipinski definition) is 3. The highest BCUT2D eigenvalue weighted by Gasteiger charge is 2.16. The minimum absolute atomic E-state index is 0.333. The van der Waals surface area contributed by atoms with Crippen molar-refractivity contribution >= 4 is 7.62 Å². The van der Waals surface area contributed by atoms with Crippen LogP contribution < -0.4 is 5.73 Å². The number of piperidine rings is 1. The Hall–Kier alpha value is -0.0551. The third kappa shape index (κ3) is 2.29. The first-order chi connectivity index (χ1) is 4.83. The van der Waals surface area contributed by atoms with E-state index >= 15 is 0 Å². The fraction of sp³-hybridized carbons (Fsp3) is 1.00. The van der Waals surface area contributed by atoms with Gasteiger partial charge in [0, 0.05) is 19.7 Å². The SMILES string of the molecule is CO[B]N1CCCC(N)C1. The Morgan fingerprint density at radius 3 is 3.10 bits per heavy atom. The van der Waals surface area contributed by atoms with E-state index < -0.39 is 0 Å². The summed E-state index contributed by atoms with van der Waals surface area (Å²) in [6, 6.07) is 0.333. The van der Waals surface area contributed by atoms with E-state index in [0.717, 1.165) is 19.5 Å². The van der Waals surface area contributed by atoms with Gasteiger partial charge in [-0.3, -0.25) is 0 Å². The molecule has 0 amide bonds. The van der Waals surface area contributed by atoms with Gasteiger partial charge in [0.2, 0.25) is 0 Å². The maximum Gasteiger partial charge on any atom is 0.398 e. The zero-order chi connectivity index (χ0) is 7.40. The lowest BCUT2D eigenvalue weighted by Crippen LogP contribution is -2.44. The molecule has 1 unspecified atom stereocenters. The quantitative estimate of drug-likeness (QED) is 0.531. The lowest BCUT2D eigenvalue weighted by Gasteiger charge is -2.28. The largest absolute Gasteiger partial charge is 0.427 e. The third-order valence-corrected chi connectivity index (χ3v) is 1.74. The minimum atomic E-state index is 0.333. The van der Waals surface area contributed by atoms with Crippen LogP contribution in [-0.4, -0.2) is 38.7 Å². The maximum absolute atomic E-state index is 5.74. The van der Waals surface area contributed by atoms with Crippen molar-refractivity contribution in [1.82, 2.24) is 4.81 Å². The van der Waals surface area contributed by atoms with Crippen molar-refractivity contribution in [3.63, 3.8) is 0 Å². The number of nitrogens with zero attached hydrogens (tertiary/aromatic N) is 1. The van der Waals surface area contributed by atoms with Crippen LogP contribution in [0.4, 0.5) is 0 Å². The first kappa shape index (κ1) is 8.05. The van der Waals surface area contributed by atoms with Gasteiger partial charge in [-0.15, -0.1) is 0 Å². The second-order valence-electron chi connectivity index (χ2n) is 2.74. The molecular weight excluding hydrogens is 127 g/mol. The highest BCUT2D eigenvalue weighted by atomic mass is 16.4. The van der Waals surface area contributed by atoms with Crippen LogP contribution in [0.3, 0.4) is 0 Å². The fourth-order valence-electron chi connectivity index (χ4n) is 1.29. The van der Waals surface area contributed by atoms with E-state index in [1.54, 1.807) is 14.7 Å². The molecule has 2 N–H and O–H groups in total. The normalized spacial score (nSPS) is 28.4. The summed E-state index contributed by atoms with van der Waals surface area (Å²) >= 11 is 0. The van der Waals surface area contributed by atoms with Crippen LogP contribution in [0, 0.1) is 0 Å². The summed E-state index contributed by atoms with van der Waals surface area (Å²) in [6.45, 7) is 2.02. The Kier molecular flexibility index (Phi) is 3.18. The summed E-state index contributed by atoms with van der Waals surface area (Å²) in [5.74, 6) is 0. The van der Waals surface area contributed by atoms with Gasteiger partial charge in [0.05, 0.1) is 0 Å². The van der Waals surface area contributed by atoms with Crippen LogP contribution in [-0.2, 0) is 4.65 Å². The van der Waals surface area contributed by atoms with E-state index in [4.69, 9.17) is 10.4 Å². The molecule has 1 radical (unpaired) electrons. The van der Waals surface area contributed by atoms with Crippen molar-refractivity contribution in [2.75, 3.05) is 20.2 Å². The number of hydrogen-bond donors (Lipinski definition) is 1. The fourth-order valence-corrected chi connectivity index (χ4v) is 1.29. The predicted octanol–water partition coefficient (Wildman–Crippen LogP) is -0.410. The van der Waals surface area contributed by atoms with Crippen LogP contribution in [0.25, 0.3) is 0 Å². The Balaban J connectivity index is 2.18. The van der Waals surface area contributed by atoms with Crippen molar-refractivity contribution < 1.29 is 4.65 Å².